The molecule has 1 aliphatic heterocycles. The molecular weight excluding hydrogens is 231 g/mol. The van der Waals surface area contributed by atoms with Crippen LogP contribution in [0.15, 0.2) is 18.2 Å². The van der Waals surface area contributed by atoms with Gasteiger partial charge in [0, 0.05) is 18.3 Å². The number of rotatable bonds is 2. The van der Waals surface area contributed by atoms with Crippen molar-refractivity contribution in [1.29, 1.82) is 0 Å². The molecule has 1 fully saturated rings. The summed E-state index contributed by atoms with van der Waals surface area (Å²) in [7, 11) is 0. The van der Waals surface area contributed by atoms with E-state index >= 15 is 0 Å². The fourth-order valence-corrected chi connectivity index (χ4v) is 2.14. The quantitative estimate of drug-likeness (QED) is 0.846. The maximum absolute atomic E-state index is 13.4. The Kier molecular flexibility index (Phi) is 3.97. The summed E-state index contributed by atoms with van der Waals surface area (Å²) in [5.41, 5.74) is 1.11. The third-order valence-electron chi connectivity index (χ3n) is 3.47. The zero-order valence-corrected chi connectivity index (χ0v) is 10.8. The van der Waals surface area contributed by atoms with Gasteiger partial charge in [0.2, 0.25) is 5.91 Å². The fourth-order valence-electron chi connectivity index (χ4n) is 2.14. The van der Waals surface area contributed by atoms with Gasteiger partial charge in [0.15, 0.2) is 0 Å². The van der Waals surface area contributed by atoms with Crippen molar-refractivity contribution in [1.82, 2.24) is 5.32 Å². The molecule has 0 radical (unpaired) electrons. The summed E-state index contributed by atoms with van der Waals surface area (Å²) in [5.74, 6) is -0.341. The lowest BCUT2D eigenvalue weighted by atomic mass is 9.95. The van der Waals surface area contributed by atoms with Crippen LogP contribution in [0.3, 0.4) is 0 Å². The summed E-state index contributed by atoms with van der Waals surface area (Å²) in [6.07, 6.45) is 1.88. The van der Waals surface area contributed by atoms with Crippen molar-refractivity contribution in [2.24, 2.45) is 5.92 Å². The number of halogens is 1. The smallest absolute Gasteiger partial charge is 0.228 e. The average Bonchev–Trinajstić information content (AvgIpc) is 2.34. The zero-order chi connectivity index (χ0) is 13.1. The van der Waals surface area contributed by atoms with Gasteiger partial charge in [-0.1, -0.05) is 6.07 Å². The predicted octanol–water partition coefficient (Wildman–Crippen LogP) is 2.46. The molecule has 0 saturated carbocycles. The van der Waals surface area contributed by atoms with E-state index in [1.54, 1.807) is 19.1 Å². The van der Waals surface area contributed by atoms with Gasteiger partial charge < -0.3 is 10.6 Å². The second-order valence-corrected chi connectivity index (χ2v) is 5.04. The van der Waals surface area contributed by atoms with Crippen molar-refractivity contribution in [3.63, 3.8) is 0 Å². The van der Waals surface area contributed by atoms with E-state index in [2.05, 4.69) is 17.6 Å². The van der Waals surface area contributed by atoms with Gasteiger partial charge in [-0.3, -0.25) is 4.79 Å². The van der Waals surface area contributed by atoms with Crippen molar-refractivity contribution >= 4 is 11.6 Å². The van der Waals surface area contributed by atoms with Gasteiger partial charge in [-0.15, -0.1) is 0 Å². The zero-order valence-electron chi connectivity index (χ0n) is 10.8. The first-order valence-corrected chi connectivity index (χ1v) is 6.36. The minimum atomic E-state index is -0.289. The highest BCUT2D eigenvalue weighted by atomic mass is 19.1. The van der Waals surface area contributed by atoms with E-state index in [-0.39, 0.29) is 17.6 Å². The van der Waals surface area contributed by atoms with Crippen LogP contribution in [0.2, 0.25) is 0 Å². The Morgan fingerprint density at radius 2 is 2.22 bits per heavy atom. The van der Waals surface area contributed by atoms with Crippen LogP contribution >= 0.6 is 0 Å². The molecule has 1 aromatic rings. The highest BCUT2D eigenvalue weighted by molar-refractivity contribution is 5.92. The normalized spacial score (nSPS) is 23.7. The van der Waals surface area contributed by atoms with E-state index in [0.717, 1.165) is 12.8 Å². The Morgan fingerprint density at radius 3 is 2.83 bits per heavy atom. The highest BCUT2D eigenvalue weighted by Crippen LogP contribution is 2.18. The molecule has 0 spiro atoms. The van der Waals surface area contributed by atoms with Gasteiger partial charge in [-0.25, -0.2) is 4.39 Å². The van der Waals surface area contributed by atoms with Crippen molar-refractivity contribution in [2.45, 2.75) is 32.7 Å². The molecule has 2 unspecified atom stereocenters. The molecule has 1 aromatic carbocycles. The standard InChI is InChI=1S/C14H19FN2O/c1-9-3-6-12(7-13(9)15)17-14(18)11-5-4-10(2)16-8-11/h3,6-7,10-11,16H,4-5,8H2,1-2H3,(H,17,18). The minimum absolute atomic E-state index is 0.0226. The molecule has 2 atom stereocenters. The van der Waals surface area contributed by atoms with Gasteiger partial charge in [0.1, 0.15) is 5.82 Å². The molecule has 4 heteroatoms. The van der Waals surface area contributed by atoms with Crippen LogP contribution in [-0.4, -0.2) is 18.5 Å². The summed E-state index contributed by atoms with van der Waals surface area (Å²) in [5, 5.41) is 6.06. The van der Waals surface area contributed by atoms with Crippen molar-refractivity contribution in [3.05, 3.63) is 29.6 Å². The number of aryl methyl sites for hydroxylation is 1. The van der Waals surface area contributed by atoms with E-state index in [4.69, 9.17) is 0 Å². The lowest BCUT2D eigenvalue weighted by Crippen LogP contribution is -2.41. The SMILES string of the molecule is Cc1ccc(NC(=O)C2CCC(C)NC2)cc1F. The van der Waals surface area contributed by atoms with E-state index < -0.39 is 0 Å². The van der Waals surface area contributed by atoms with Crippen LogP contribution in [-0.2, 0) is 4.79 Å². The van der Waals surface area contributed by atoms with E-state index in [9.17, 15) is 9.18 Å². The summed E-state index contributed by atoms with van der Waals surface area (Å²) in [6, 6.07) is 5.25. The van der Waals surface area contributed by atoms with Crippen LogP contribution in [0.25, 0.3) is 0 Å². The molecule has 1 saturated heterocycles. The lowest BCUT2D eigenvalue weighted by Gasteiger charge is -2.26. The van der Waals surface area contributed by atoms with Gasteiger partial charge in [-0.05, 0) is 44.4 Å². The summed E-state index contributed by atoms with van der Waals surface area (Å²) in [6.45, 7) is 4.51. The molecule has 1 heterocycles. The molecule has 0 aromatic heterocycles. The Bertz CT molecular complexity index is 439. The minimum Gasteiger partial charge on any atom is -0.326 e. The first-order valence-electron chi connectivity index (χ1n) is 6.36. The number of nitrogens with one attached hydrogen (secondary N) is 2. The third kappa shape index (κ3) is 3.07. The molecule has 2 rings (SSSR count). The molecule has 18 heavy (non-hydrogen) atoms. The van der Waals surface area contributed by atoms with Crippen LogP contribution in [0.1, 0.15) is 25.3 Å². The first-order chi connectivity index (χ1) is 8.56. The number of hydrogen-bond donors (Lipinski definition) is 2. The number of benzene rings is 1. The maximum atomic E-state index is 13.4. The van der Waals surface area contributed by atoms with E-state index in [1.807, 2.05) is 0 Å². The molecule has 0 aliphatic carbocycles. The number of piperidine rings is 1. The second-order valence-electron chi connectivity index (χ2n) is 5.04. The molecular formula is C14H19FN2O. The van der Waals surface area contributed by atoms with Gasteiger partial charge in [-0.2, -0.15) is 0 Å². The van der Waals surface area contributed by atoms with Crippen LogP contribution in [0.5, 0.6) is 0 Å². The lowest BCUT2D eigenvalue weighted by molar-refractivity contribution is -0.120. The maximum Gasteiger partial charge on any atom is 0.228 e. The molecule has 1 aliphatic rings. The predicted molar refractivity (Wildman–Crippen MR) is 70.0 cm³/mol. The van der Waals surface area contributed by atoms with Crippen LogP contribution in [0, 0.1) is 18.7 Å². The first kappa shape index (κ1) is 13.0. The molecule has 98 valence electrons. The highest BCUT2D eigenvalue weighted by Gasteiger charge is 2.23. The molecule has 2 N–H and O–H groups in total. The largest absolute Gasteiger partial charge is 0.326 e. The number of carbonyl (C=O) groups is 1. The van der Waals surface area contributed by atoms with Crippen LogP contribution < -0.4 is 10.6 Å². The second kappa shape index (κ2) is 5.48. The summed E-state index contributed by atoms with van der Waals surface area (Å²) >= 11 is 0. The van der Waals surface area contributed by atoms with Crippen LogP contribution in [0.4, 0.5) is 10.1 Å². The number of carbonyl (C=O) groups excluding carboxylic acids is 1. The number of anilines is 1. The third-order valence-corrected chi connectivity index (χ3v) is 3.47. The van der Waals surface area contributed by atoms with Gasteiger partial charge >= 0.3 is 0 Å². The number of hydrogen-bond acceptors (Lipinski definition) is 2. The Hall–Kier alpha value is -1.42. The van der Waals surface area contributed by atoms with Crippen molar-refractivity contribution in [2.75, 3.05) is 11.9 Å². The molecule has 3 nitrogen and oxygen atoms in total. The summed E-state index contributed by atoms with van der Waals surface area (Å²) < 4.78 is 13.4. The van der Waals surface area contributed by atoms with Crippen molar-refractivity contribution in [3.8, 4) is 0 Å². The fraction of sp³-hybridized carbons (Fsp3) is 0.500. The summed E-state index contributed by atoms with van der Waals surface area (Å²) in [4.78, 5) is 12.0. The van der Waals surface area contributed by atoms with Gasteiger partial charge in [0.05, 0.1) is 5.92 Å². The van der Waals surface area contributed by atoms with E-state index in [0.29, 0.717) is 23.8 Å². The molecule has 1 amide bonds. The average molecular weight is 250 g/mol. The monoisotopic (exact) mass is 250 g/mol. The number of amides is 1. The molecule has 0 bridgehead atoms. The topological polar surface area (TPSA) is 41.1 Å². The van der Waals surface area contributed by atoms with Crippen molar-refractivity contribution < 1.29 is 9.18 Å². The van der Waals surface area contributed by atoms with E-state index in [1.165, 1.54) is 6.07 Å². The van der Waals surface area contributed by atoms with Gasteiger partial charge in [0.25, 0.3) is 0 Å². The Labute approximate surface area is 107 Å². The Morgan fingerprint density at radius 1 is 1.44 bits per heavy atom. The Balaban J connectivity index is 1.96.